The van der Waals surface area contributed by atoms with Gasteiger partial charge in [0.1, 0.15) is 5.75 Å². The molecule has 1 atom stereocenters. The number of rotatable bonds is 3. The Bertz CT molecular complexity index is 489. The predicted molar refractivity (Wildman–Crippen MR) is 73.1 cm³/mol. The molecule has 0 spiro atoms. The molecule has 1 fully saturated rings. The van der Waals surface area contributed by atoms with Gasteiger partial charge in [-0.05, 0) is 17.2 Å². The molecular weight excluding hydrogens is 238 g/mol. The maximum Gasteiger partial charge on any atom is 0.122 e. The summed E-state index contributed by atoms with van der Waals surface area (Å²) in [6.45, 7) is 4.83. The average molecular weight is 257 g/mol. The maximum atomic E-state index is 9.11. The lowest BCUT2D eigenvalue weighted by Gasteiger charge is -2.34. The highest BCUT2D eigenvalue weighted by Crippen LogP contribution is 2.31. The lowest BCUT2D eigenvalue weighted by atomic mass is 9.98. The Hall–Kier alpha value is -1.57. The van der Waals surface area contributed by atoms with Gasteiger partial charge in [0.25, 0.3) is 0 Å². The lowest BCUT2D eigenvalue weighted by molar-refractivity contribution is 0.175. The summed E-state index contributed by atoms with van der Waals surface area (Å²) in [5.41, 5.74) is 2.54. The van der Waals surface area contributed by atoms with Crippen LogP contribution in [0.1, 0.15) is 23.6 Å². The van der Waals surface area contributed by atoms with Gasteiger partial charge in [-0.3, -0.25) is 4.90 Å². The Balaban J connectivity index is 1.84. The molecular formula is C15H19N3O. The molecule has 0 amide bonds. The fourth-order valence-electron chi connectivity index (χ4n) is 2.95. The molecule has 4 heteroatoms. The summed E-state index contributed by atoms with van der Waals surface area (Å²) in [5.74, 6) is 1.01. The van der Waals surface area contributed by atoms with E-state index in [2.05, 4.69) is 34.5 Å². The molecule has 4 nitrogen and oxygen atoms in total. The van der Waals surface area contributed by atoms with Crippen LogP contribution in [0.2, 0.25) is 0 Å². The van der Waals surface area contributed by atoms with Crippen LogP contribution in [0.4, 0.5) is 0 Å². The van der Waals surface area contributed by atoms with Gasteiger partial charge in [-0.15, -0.1) is 0 Å². The fourth-order valence-corrected chi connectivity index (χ4v) is 2.95. The summed E-state index contributed by atoms with van der Waals surface area (Å²) in [4.78, 5) is 2.41. The first-order chi connectivity index (χ1) is 9.38. The second-order valence-electron chi connectivity index (χ2n) is 5.13. The second-order valence-corrected chi connectivity index (χ2v) is 5.13. The van der Waals surface area contributed by atoms with Gasteiger partial charge in [-0.1, -0.05) is 12.1 Å². The summed E-state index contributed by atoms with van der Waals surface area (Å²) in [5, 5.41) is 12.5. The van der Waals surface area contributed by atoms with Crippen LogP contribution < -0.4 is 10.1 Å². The second kappa shape index (κ2) is 5.60. The third kappa shape index (κ3) is 2.58. The van der Waals surface area contributed by atoms with E-state index in [-0.39, 0.29) is 6.04 Å². The maximum absolute atomic E-state index is 9.11. The van der Waals surface area contributed by atoms with Gasteiger partial charge in [0.2, 0.25) is 0 Å². The SMILES string of the molecule is N#CC[C@@H](c1ccc2c(c1)CCO2)N1CCNCC1. The number of nitrogens with zero attached hydrogens (tertiary/aromatic N) is 2. The highest BCUT2D eigenvalue weighted by molar-refractivity contribution is 5.41. The number of fused-ring (bicyclic) bond motifs is 1. The smallest absolute Gasteiger partial charge is 0.122 e. The summed E-state index contributed by atoms with van der Waals surface area (Å²) in [7, 11) is 0. The molecule has 1 N–H and O–H groups in total. The fraction of sp³-hybridized carbons (Fsp3) is 0.533. The van der Waals surface area contributed by atoms with Gasteiger partial charge >= 0.3 is 0 Å². The van der Waals surface area contributed by atoms with Crippen LogP contribution in [0.15, 0.2) is 18.2 Å². The van der Waals surface area contributed by atoms with Crippen LogP contribution in [0.3, 0.4) is 0 Å². The van der Waals surface area contributed by atoms with Crippen LogP contribution in [0.25, 0.3) is 0 Å². The van der Waals surface area contributed by atoms with Gasteiger partial charge in [0, 0.05) is 38.6 Å². The Morgan fingerprint density at radius 3 is 3.00 bits per heavy atom. The number of benzene rings is 1. The van der Waals surface area contributed by atoms with E-state index in [1.807, 2.05) is 0 Å². The van der Waals surface area contributed by atoms with Gasteiger partial charge in [0.05, 0.1) is 19.1 Å². The quantitative estimate of drug-likeness (QED) is 0.891. The first-order valence-corrected chi connectivity index (χ1v) is 6.96. The number of hydrogen-bond acceptors (Lipinski definition) is 4. The van der Waals surface area contributed by atoms with Crippen LogP contribution >= 0.6 is 0 Å². The molecule has 0 aromatic heterocycles. The zero-order valence-electron chi connectivity index (χ0n) is 11.1. The predicted octanol–water partition coefficient (Wildman–Crippen LogP) is 1.48. The molecule has 2 aliphatic heterocycles. The largest absolute Gasteiger partial charge is 0.493 e. The van der Waals surface area contributed by atoms with E-state index in [0.717, 1.165) is 45.0 Å². The standard InChI is InChI=1S/C15H19N3O/c16-5-3-14(18-8-6-17-7-9-18)12-1-2-15-13(11-12)4-10-19-15/h1-2,11,14,17H,3-4,6-10H2/t14-/m0/s1. The molecule has 1 aromatic rings. The van der Waals surface area contributed by atoms with Crippen LogP contribution in [0.5, 0.6) is 5.75 Å². The van der Waals surface area contributed by atoms with E-state index in [9.17, 15) is 0 Å². The summed E-state index contributed by atoms with van der Waals surface area (Å²) < 4.78 is 5.55. The third-order valence-electron chi connectivity index (χ3n) is 3.98. The van der Waals surface area contributed by atoms with Crippen molar-refractivity contribution in [2.75, 3.05) is 32.8 Å². The zero-order valence-corrected chi connectivity index (χ0v) is 11.1. The van der Waals surface area contributed by atoms with Crippen molar-refractivity contribution in [1.29, 1.82) is 5.26 Å². The highest BCUT2D eigenvalue weighted by atomic mass is 16.5. The van der Waals surface area contributed by atoms with E-state index in [0.29, 0.717) is 6.42 Å². The molecule has 0 saturated carbocycles. The minimum atomic E-state index is 0.220. The molecule has 0 radical (unpaired) electrons. The monoisotopic (exact) mass is 257 g/mol. The Morgan fingerprint density at radius 2 is 2.21 bits per heavy atom. The van der Waals surface area contributed by atoms with Crippen molar-refractivity contribution in [1.82, 2.24) is 10.2 Å². The molecule has 0 aliphatic carbocycles. The topological polar surface area (TPSA) is 48.3 Å². The molecule has 0 bridgehead atoms. The molecule has 19 heavy (non-hydrogen) atoms. The molecule has 2 heterocycles. The number of piperazine rings is 1. The van der Waals surface area contributed by atoms with Crippen molar-refractivity contribution < 1.29 is 4.74 Å². The zero-order chi connectivity index (χ0) is 13.1. The van der Waals surface area contributed by atoms with Crippen LogP contribution in [-0.4, -0.2) is 37.7 Å². The molecule has 1 aromatic carbocycles. The normalized spacial score (nSPS) is 20.4. The van der Waals surface area contributed by atoms with Crippen LogP contribution in [0, 0.1) is 11.3 Å². The van der Waals surface area contributed by atoms with Gasteiger partial charge in [-0.2, -0.15) is 5.26 Å². The van der Waals surface area contributed by atoms with Crippen molar-refractivity contribution in [3.8, 4) is 11.8 Å². The molecule has 0 unspecified atom stereocenters. The van der Waals surface area contributed by atoms with Crippen molar-refractivity contribution in [3.63, 3.8) is 0 Å². The van der Waals surface area contributed by atoms with E-state index in [1.54, 1.807) is 0 Å². The number of nitriles is 1. The Kier molecular flexibility index (Phi) is 3.67. The van der Waals surface area contributed by atoms with Crippen molar-refractivity contribution in [3.05, 3.63) is 29.3 Å². The Labute approximate surface area is 114 Å². The summed E-state index contributed by atoms with van der Waals surface area (Å²) in [6.07, 6.45) is 1.55. The minimum Gasteiger partial charge on any atom is -0.493 e. The van der Waals surface area contributed by atoms with Gasteiger partial charge in [0.15, 0.2) is 0 Å². The highest BCUT2D eigenvalue weighted by Gasteiger charge is 2.23. The molecule has 100 valence electrons. The first kappa shape index (κ1) is 12.5. The lowest BCUT2D eigenvalue weighted by Crippen LogP contribution is -2.45. The summed E-state index contributed by atoms with van der Waals surface area (Å²) >= 11 is 0. The molecule has 2 aliphatic rings. The van der Waals surface area contributed by atoms with E-state index in [4.69, 9.17) is 10.00 Å². The van der Waals surface area contributed by atoms with E-state index < -0.39 is 0 Å². The number of ether oxygens (including phenoxy) is 1. The van der Waals surface area contributed by atoms with E-state index in [1.165, 1.54) is 11.1 Å². The molecule has 3 rings (SSSR count). The number of nitrogens with one attached hydrogen (secondary N) is 1. The summed E-state index contributed by atoms with van der Waals surface area (Å²) in [6, 6.07) is 8.97. The van der Waals surface area contributed by atoms with Crippen molar-refractivity contribution in [2.24, 2.45) is 0 Å². The van der Waals surface area contributed by atoms with Crippen molar-refractivity contribution >= 4 is 0 Å². The van der Waals surface area contributed by atoms with Gasteiger partial charge in [-0.25, -0.2) is 0 Å². The first-order valence-electron chi connectivity index (χ1n) is 6.96. The Morgan fingerprint density at radius 1 is 1.37 bits per heavy atom. The van der Waals surface area contributed by atoms with Crippen molar-refractivity contribution in [2.45, 2.75) is 18.9 Å². The van der Waals surface area contributed by atoms with Gasteiger partial charge < -0.3 is 10.1 Å². The molecule has 1 saturated heterocycles. The average Bonchev–Trinajstić information content (AvgIpc) is 2.93. The van der Waals surface area contributed by atoms with E-state index >= 15 is 0 Å². The third-order valence-corrected chi connectivity index (χ3v) is 3.98. The van der Waals surface area contributed by atoms with Crippen LogP contribution in [-0.2, 0) is 6.42 Å². The minimum absolute atomic E-state index is 0.220. The number of hydrogen-bond donors (Lipinski definition) is 1.